The van der Waals surface area contributed by atoms with Crippen LogP contribution < -0.4 is 54.5 Å². The Kier molecular flexibility index (Phi) is 27.8. The number of nitrogens with one attached hydrogen (secondary N) is 3. The molecule has 674 valence electrons. The Hall–Kier alpha value is -11.4. The van der Waals surface area contributed by atoms with Crippen LogP contribution in [0.5, 0.6) is 17.5 Å². The molecule has 0 radical (unpaired) electrons. The van der Waals surface area contributed by atoms with E-state index in [-0.39, 0.29) is 102 Å². The zero-order valence-corrected chi connectivity index (χ0v) is 71.3. The predicted octanol–water partition coefficient (Wildman–Crippen LogP) is 1.11. The van der Waals surface area contributed by atoms with Gasteiger partial charge in [0.15, 0.2) is 10.8 Å². The average Bonchev–Trinajstić information content (AvgIpc) is 1.31. The van der Waals surface area contributed by atoms with Gasteiger partial charge in [0.2, 0.25) is 11.8 Å². The maximum absolute atomic E-state index is 14.7. The summed E-state index contributed by atoms with van der Waals surface area (Å²) in [5.41, 5.74) is 7.26. The number of amides is 3. The van der Waals surface area contributed by atoms with Crippen LogP contribution >= 0.6 is 0 Å². The summed E-state index contributed by atoms with van der Waals surface area (Å²) in [6, 6.07) is 29.5. The molecule has 3 aliphatic rings. The molecule has 0 saturated carbocycles. The van der Waals surface area contributed by atoms with E-state index in [0.717, 1.165) is 56.1 Å². The van der Waals surface area contributed by atoms with Crippen molar-refractivity contribution in [2.75, 3.05) is 45.9 Å². The first-order valence-corrected chi connectivity index (χ1v) is 42.9. The highest BCUT2D eigenvalue weighted by atomic mass is 32.2. The summed E-state index contributed by atoms with van der Waals surface area (Å²) in [6.45, 7) is 19.5. The quantitative estimate of drug-likeness (QED) is 0.0321. The highest BCUT2D eigenvalue weighted by Crippen LogP contribution is 2.42. The first kappa shape index (κ1) is 95.8. The molecule has 10 heterocycles. The van der Waals surface area contributed by atoms with Gasteiger partial charge in [0.1, 0.15) is 52.2 Å². The van der Waals surface area contributed by atoms with Crippen LogP contribution in [0.1, 0.15) is 132 Å². The number of ether oxygens (including phenoxy) is 3. The summed E-state index contributed by atoms with van der Waals surface area (Å²) in [7, 11) is -12.9. The molecule has 7 aromatic heterocycles. The SMILES string of the molecule is CCC(C)Oc1ccn(-c2ccc(C(=O)NS(=O)(=O)c3cccnc3N)c(N3C[C@@H](C)CC3(C)C)n2)n1.C[C@@H]1CC[C@H](C)N1c1nc(-c2ccc(OC(O)(C(O)(O)O)C(O)(O)O)nc2)ccc1C(=O)NS(=O)(=O)c1cccc(N)n1.C[C@@H]1CN(c2nc(-c3cc(F)cc(OCC(O)(C(O)(O)O)C(O)(O)O)c3)ccc2C(=O)NS(=O)(=O)c2ccccc2)C(C)(C)C1. The molecule has 42 nitrogen and oxygen atoms in total. The molecule has 0 bridgehead atoms. The van der Waals surface area contributed by atoms with Gasteiger partial charge in [-0.1, -0.05) is 45.0 Å². The molecule has 5 atom stereocenters. The maximum Gasteiger partial charge on any atom is 0.376 e. The van der Waals surface area contributed by atoms with Crippen LogP contribution in [0.25, 0.3) is 28.3 Å². The van der Waals surface area contributed by atoms with E-state index in [1.54, 1.807) is 35.1 Å². The highest BCUT2D eigenvalue weighted by Gasteiger charge is 2.66. The van der Waals surface area contributed by atoms with Crippen molar-refractivity contribution in [3.8, 4) is 45.8 Å². The number of sulfonamides is 3. The van der Waals surface area contributed by atoms with Gasteiger partial charge < -0.3 is 112 Å². The zero-order valence-electron chi connectivity index (χ0n) is 68.8. The number of nitrogens with two attached hydrogens (primary N) is 2. The summed E-state index contributed by atoms with van der Waals surface area (Å²) in [5, 5.41) is 136. The Labute approximate surface area is 715 Å². The molecule has 12 rings (SSSR count). The van der Waals surface area contributed by atoms with Crippen molar-refractivity contribution in [2.45, 2.75) is 181 Å². The van der Waals surface area contributed by atoms with Crippen LogP contribution in [-0.2, 0) is 30.1 Å². The number of rotatable bonds is 27. The van der Waals surface area contributed by atoms with Gasteiger partial charge in [-0.15, -0.1) is 5.10 Å². The van der Waals surface area contributed by atoms with Crippen LogP contribution in [-0.4, -0.2) is 238 Å². The summed E-state index contributed by atoms with van der Waals surface area (Å²) in [4.78, 5) is 70.8. The number of carbonyl (C=O) groups excluding carboxylic acids is 3. The van der Waals surface area contributed by atoms with Crippen LogP contribution in [0, 0.1) is 17.7 Å². The number of aromatic nitrogens is 8. The molecule has 46 heteroatoms. The van der Waals surface area contributed by atoms with Gasteiger partial charge in [-0.2, -0.15) is 8.42 Å². The minimum Gasteiger partial charge on any atom is -0.490 e. The van der Waals surface area contributed by atoms with E-state index < -0.39 is 118 Å². The minimum absolute atomic E-state index is 0.0145. The van der Waals surface area contributed by atoms with Crippen LogP contribution in [0.2, 0.25) is 0 Å². The standard InChI is InChI=1S/C29H34FN3O11S.C25H33N7O4S.C25H30N6O11S/c1-17-14-26(2,3)33(15-17)24-22(25(34)32-45(42,43)21-7-5-4-6-8-21)9-10-23(31-24)18-11-19(30)13-20(12-18)44-16-27(35,28(36,37)38)29(39,40)41;1-6-17(3)36-21-11-13-32(29-21)20-10-9-18(23(28-20)31-15-16(2)14-25(31,4)5)24(33)30-37(34,35)19-8-7-12-27-22(19)26;1-13-6-7-14(2)31(13)21-16(22(32)30-43(40,41)20-5-3-4-18(26)29-20)9-10-17(28-21)15-8-11-19(27-12-15)42-23(33,24(34,35)36)25(37,38)39/h4-13,17,35-41H,14-16H2,1-3H3,(H,32,34);7-13,16-17H,6,14-15H2,1-5H3,(H2,26,27)(H,30,33);3-5,8-14,33-39H,6-7H2,1-2H3,(H2,26,29)(H,30,32)/t17-;16-,17?;13-,14+/m00./s1. The molecule has 9 aromatic rings. The van der Waals surface area contributed by atoms with Crippen LogP contribution in [0.4, 0.5) is 33.5 Å². The van der Waals surface area contributed by atoms with Crippen molar-refractivity contribution >= 4 is 76.9 Å². The monoisotopic (exact) mass is 1800 g/mol. The first-order chi connectivity index (χ1) is 57.9. The molecule has 0 spiro atoms. The zero-order chi connectivity index (χ0) is 92.5. The van der Waals surface area contributed by atoms with E-state index in [9.17, 15) is 116 Å². The summed E-state index contributed by atoms with van der Waals surface area (Å²) < 4.78 is 115. The van der Waals surface area contributed by atoms with E-state index in [4.69, 9.17) is 25.9 Å². The lowest BCUT2D eigenvalue weighted by molar-refractivity contribution is -0.540. The summed E-state index contributed by atoms with van der Waals surface area (Å²) in [5.74, 6) is -24.3. The topological polar surface area (TPSA) is 658 Å². The third kappa shape index (κ3) is 21.6. The lowest BCUT2D eigenvalue weighted by Gasteiger charge is -2.39. The van der Waals surface area contributed by atoms with E-state index in [1.165, 1.54) is 91.1 Å². The van der Waals surface area contributed by atoms with Crippen molar-refractivity contribution in [3.63, 3.8) is 0 Å². The van der Waals surface area contributed by atoms with Gasteiger partial charge in [-0.05, 0) is 183 Å². The molecule has 3 fully saturated rings. The number of pyridine rings is 6. The fourth-order valence-corrected chi connectivity index (χ4v) is 17.2. The largest absolute Gasteiger partial charge is 0.490 e. The number of carbonyl (C=O) groups is 3. The van der Waals surface area contributed by atoms with E-state index in [0.29, 0.717) is 42.9 Å². The second kappa shape index (κ2) is 36.3. The van der Waals surface area contributed by atoms with Gasteiger partial charge in [-0.25, -0.2) is 70.0 Å². The van der Waals surface area contributed by atoms with Crippen molar-refractivity contribution in [1.82, 2.24) is 53.9 Å². The highest BCUT2D eigenvalue weighted by molar-refractivity contribution is 7.90. The summed E-state index contributed by atoms with van der Waals surface area (Å²) >= 11 is 0. The number of hydrogen-bond acceptors (Lipinski definition) is 38. The number of halogens is 1. The van der Waals surface area contributed by atoms with Crippen molar-refractivity contribution < 1.29 is 130 Å². The Morgan fingerprint density at radius 1 is 0.568 bits per heavy atom. The molecular formula is C79H97FN16O26S3. The number of nitrogens with zero attached hydrogens (tertiary/aromatic N) is 11. The number of hydrogen-bond donors (Lipinski definition) is 19. The number of benzene rings is 2. The van der Waals surface area contributed by atoms with Crippen LogP contribution in [0.3, 0.4) is 0 Å². The molecule has 3 amide bonds. The van der Waals surface area contributed by atoms with Crippen molar-refractivity contribution in [1.29, 1.82) is 0 Å². The molecule has 2 aromatic carbocycles. The third-order valence-electron chi connectivity index (χ3n) is 20.7. The van der Waals surface area contributed by atoms with Crippen molar-refractivity contribution in [2.24, 2.45) is 11.8 Å². The maximum atomic E-state index is 14.7. The van der Waals surface area contributed by atoms with E-state index in [1.807, 2.05) is 67.9 Å². The smallest absolute Gasteiger partial charge is 0.376 e. The molecular weight excluding hydrogens is 1700 g/mol. The second-order valence-corrected chi connectivity index (χ2v) is 36.6. The minimum atomic E-state index is -4.39. The number of anilines is 5. The third-order valence-corrected chi connectivity index (χ3v) is 24.6. The van der Waals surface area contributed by atoms with Gasteiger partial charge in [-0.3, -0.25) is 14.4 Å². The lowest BCUT2D eigenvalue weighted by atomic mass is 9.97. The number of aliphatic hydroxyl groups is 14. The lowest BCUT2D eigenvalue weighted by Crippen LogP contribution is -2.71. The Morgan fingerprint density at radius 3 is 1.61 bits per heavy atom. The number of nitrogen functional groups attached to an aromatic ring is 2. The van der Waals surface area contributed by atoms with Gasteiger partial charge >= 0.3 is 29.7 Å². The van der Waals surface area contributed by atoms with Gasteiger partial charge in [0, 0.05) is 84.2 Å². The van der Waals surface area contributed by atoms with E-state index >= 15 is 0 Å². The predicted molar refractivity (Wildman–Crippen MR) is 441 cm³/mol. The van der Waals surface area contributed by atoms with Crippen molar-refractivity contribution in [3.05, 3.63) is 175 Å². The first-order valence-electron chi connectivity index (χ1n) is 38.4. The molecule has 1 unspecified atom stereocenters. The Balaban J connectivity index is 0.000000197. The fraction of sp³-hybridized carbons (Fsp3) is 0.392. The molecule has 0 aliphatic carbocycles. The normalized spacial score (nSPS) is 17.8. The molecule has 3 aliphatic heterocycles. The Bertz CT molecular complexity index is 5760. The van der Waals surface area contributed by atoms with Crippen LogP contribution in [0.15, 0.2) is 167 Å². The average molecular weight is 1800 g/mol. The van der Waals surface area contributed by atoms with Gasteiger partial charge in [0.05, 0.1) is 39.1 Å². The summed E-state index contributed by atoms with van der Waals surface area (Å²) in [6.07, 6.45) is 8.23. The molecule has 3 saturated heterocycles. The van der Waals surface area contributed by atoms with Gasteiger partial charge in [0.25, 0.3) is 53.4 Å². The molecule has 21 N–H and O–H groups in total. The molecule has 125 heavy (non-hydrogen) atoms. The van der Waals surface area contributed by atoms with E-state index in [2.05, 4.69) is 65.0 Å². The fourth-order valence-electron chi connectivity index (χ4n) is 14.3. The Morgan fingerprint density at radius 2 is 1.10 bits per heavy atom. The second-order valence-electron chi connectivity index (χ2n) is 31.7.